The highest BCUT2D eigenvalue weighted by Crippen LogP contribution is 2.35. The molecular weight excluding hydrogens is 236 g/mol. The zero-order chi connectivity index (χ0) is 13.9. The molecule has 1 aliphatic carbocycles. The second kappa shape index (κ2) is 5.87. The lowest BCUT2D eigenvalue weighted by atomic mass is 9.90. The van der Waals surface area contributed by atoms with Gasteiger partial charge in [-0.25, -0.2) is 0 Å². The zero-order valence-electron chi connectivity index (χ0n) is 12.3. The van der Waals surface area contributed by atoms with Crippen molar-refractivity contribution in [1.82, 2.24) is 0 Å². The van der Waals surface area contributed by atoms with Gasteiger partial charge in [0.2, 0.25) is 0 Å². The van der Waals surface area contributed by atoms with E-state index in [2.05, 4.69) is 32.0 Å². The summed E-state index contributed by atoms with van der Waals surface area (Å²) in [6, 6.07) is 6.29. The van der Waals surface area contributed by atoms with Gasteiger partial charge in [-0.15, -0.1) is 0 Å². The molecule has 1 aromatic rings. The molecule has 0 radical (unpaired) electrons. The molecule has 0 bridgehead atoms. The van der Waals surface area contributed by atoms with Gasteiger partial charge < -0.3 is 4.74 Å². The molecule has 1 fully saturated rings. The molecule has 2 rings (SSSR count). The molecule has 0 atom stereocenters. The summed E-state index contributed by atoms with van der Waals surface area (Å²) in [5, 5.41) is 0. The first-order valence-electron chi connectivity index (χ1n) is 7.31. The van der Waals surface area contributed by atoms with Crippen molar-refractivity contribution in [2.45, 2.75) is 58.5 Å². The lowest BCUT2D eigenvalue weighted by Gasteiger charge is -2.27. The number of rotatable bonds is 5. The summed E-state index contributed by atoms with van der Waals surface area (Å²) in [7, 11) is 0. The van der Waals surface area contributed by atoms with Gasteiger partial charge in [-0.1, -0.05) is 18.2 Å². The molecule has 0 amide bonds. The van der Waals surface area contributed by atoms with Crippen molar-refractivity contribution < 1.29 is 9.53 Å². The minimum Gasteiger partial charge on any atom is -0.367 e. The largest absolute Gasteiger partial charge is 0.367 e. The van der Waals surface area contributed by atoms with E-state index in [1.54, 1.807) is 0 Å². The Morgan fingerprint density at radius 1 is 1.21 bits per heavy atom. The van der Waals surface area contributed by atoms with Crippen LogP contribution >= 0.6 is 0 Å². The fraction of sp³-hybridized carbons (Fsp3) is 0.588. The van der Waals surface area contributed by atoms with Gasteiger partial charge >= 0.3 is 0 Å². The van der Waals surface area contributed by atoms with Gasteiger partial charge in [0.25, 0.3) is 0 Å². The minimum atomic E-state index is -0.493. The molecule has 0 heterocycles. The molecule has 19 heavy (non-hydrogen) atoms. The highest BCUT2D eigenvalue weighted by atomic mass is 16.5. The lowest BCUT2D eigenvalue weighted by Crippen LogP contribution is -2.40. The molecule has 1 aliphatic rings. The number of Topliss-reactive ketones (excluding diaryl/α,β-unsaturated/α-hetero) is 1. The molecule has 0 aromatic heterocycles. The second-order valence-electron chi connectivity index (χ2n) is 5.65. The van der Waals surface area contributed by atoms with Crippen LogP contribution in [0.2, 0.25) is 0 Å². The standard InChI is InChI=1S/C17H24O2/c1-4-19-17(9-5-6-10-17)16(18)12-15-8-7-13(2)14(3)11-15/h7-8,11H,4-6,9-10,12H2,1-3H3. The normalized spacial score (nSPS) is 17.6. The summed E-state index contributed by atoms with van der Waals surface area (Å²) in [5.74, 6) is 0.259. The summed E-state index contributed by atoms with van der Waals surface area (Å²) in [6.07, 6.45) is 4.51. The minimum absolute atomic E-state index is 0.259. The fourth-order valence-corrected chi connectivity index (χ4v) is 2.99. The molecular formula is C17H24O2. The van der Waals surface area contributed by atoms with Crippen LogP contribution in [0.5, 0.6) is 0 Å². The Morgan fingerprint density at radius 2 is 1.89 bits per heavy atom. The predicted molar refractivity (Wildman–Crippen MR) is 77.5 cm³/mol. The summed E-state index contributed by atoms with van der Waals surface area (Å²) in [5.41, 5.74) is 3.14. The van der Waals surface area contributed by atoms with Crippen molar-refractivity contribution >= 4 is 5.78 Å². The Morgan fingerprint density at radius 3 is 2.47 bits per heavy atom. The quantitative estimate of drug-likeness (QED) is 0.805. The van der Waals surface area contributed by atoms with E-state index in [0.717, 1.165) is 31.2 Å². The van der Waals surface area contributed by atoms with Crippen molar-refractivity contribution in [1.29, 1.82) is 0 Å². The third-order valence-corrected chi connectivity index (χ3v) is 4.28. The van der Waals surface area contributed by atoms with Crippen molar-refractivity contribution in [3.63, 3.8) is 0 Å². The zero-order valence-corrected chi connectivity index (χ0v) is 12.3. The van der Waals surface area contributed by atoms with E-state index in [9.17, 15) is 4.79 Å². The molecule has 0 N–H and O–H groups in total. The summed E-state index contributed by atoms with van der Waals surface area (Å²) >= 11 is 0. The average molecular weight is 260 g/mol. The maximum Gasteiger partial charge on any atom is 0.168 e. The fourth-order valence-electron chi connectivity index (χ4n) is 2.99. The Labute approximate surface area is 116 Å². The number of carbonyl (C=O) groups is 1. The number of ketones is 1. The van der Waals surface area contributed by atoms with Crippen LogP contribution in [-0.4, -0.2) is 18.0 Å². The van der Waals surface area contributed by atoms with Gasteiger partial charge in [-0.3, -0.25) is 4.79 Å². The summed E-state index contributed by atoms with van der Waals surface area (Å²) in [4.78, 5) is 12.6. The van der Waals surface area contributed by atoms with E-state index < -0.39 is 5.60 Å². The number of hydrogen-bond acceptors (Lipinski definition) is 2. The Balaban J connectivity index is 2.12. The SMILES string of the molecule is CCOC1(C(=O)Cc2ccc(C)c(C)c2)CCCC1. The van der Waals surface area contributed by atoms with Gasteiger partial charge in [-0.2, -0.15) is 0 Å². The van der Waals surface area contributed by atoms with Crippen LogP contribution < -0.4 is 0 Å². The van der Waals surface area contributed by atoms with Crippen LogP contribution in [-0.2, 0) is 16.0 Å². The van der Waals surface area contributed by atoms with Crippen molar-refractivity contribution in [2.75, 3.05) is 6.61 Å². The number of aryl methyl sites for hydroxylation is 2. The molecule has 104 valence electrons. The average Bonchev–Trinajstić information content (AvgIpc) is 2.84. The molecule has 2 nitrogen and oxygen atoms in total. The first-order chi connectivity index (χ1) is 9.07. The van der Waals surface area contributed by atoms with Crippen molar-refractivity contribution in [2.24, 2.45) is 0 Å². The van der Waals surface area contributed by atoms with Gasteiger partial charge in [0.05, 0.1) is 0 Å². The van der Waals surface area contributed by atoms with Crippen molar-refractivity contribution in [3.8, 4) is 0 Å². The maximum atomic E-state index is 12.6. The topological polar surface area (TPSA) is 26.3 Å². The van der Waals surface area contributed by atoms with E-state index >= 15 is 0 Å². The third-order valence-electron chi connectivity index (χ3n) is 4.28. The van der Waals surface area contributed by atoms with Gasteiger partial charge in [-0.05, 0) is 63.1 Å². The smallest absolute Gasteiger partial charge is 0.168 e. The predicted octanol–water partition coefficient (Wildman–Crippen LogP) is 3.76. The van der Waals surface area contributed by atoms with E-state index in [1.165, 1.54) is 11.1 Å². The van der Waals surface area contributed by atoms with Crippen LogP contribution in [0.25, 0.3) is 0 Å². The monoisotopic (exact) mass is 260 g/mol. The first-order valence-corrected chi connectivity index (χ1v) is 7.31. The van der Waals surface area contributed by atoms with Gasteiger partial charge in [0.15, 0.2) is 5.78 Å². The second-order valence-corrected chi connectivity index (χ2v) is 5.65. The Bertz CT molecular complexity index is 456. The van der Waals surface area contributed by atoms with Crippen LogP contribution in [0, 0.1) is 13.8 Å². The molecule has 1 aromatic carbocycles. The molecule has 0 saturated heterocycles. The first kappa shape index (κ1) is 14.3. The number of ether oxygens (including phenoxy) is 1. The van der Waals surface area contributed by atoms with Crippen molar-refractivity contribution in [3.05, 3.63) is 34.9 Å². The maximum absolute atomic E-state index is 12.6. The number of benzene rings is 1. The highest BCUT2D eigenvalue weighted by molar-refractivity contribution is 5.89. The van der Waals surface area contributed by atoms with E-state index in [-0.39, 0.29) is 5.78 Å². The molecule has 0 spiro atoms. The Hall–Kier alpha value is -1.15. The van der Waals surface area contributed by atoms with Crippen LogP contribution in [0.4, 0.5) is 0 Å². The van der Waals surface area contributed by atoms with Crippen LogP contribution in [0.1, 0.15) is 49.3 Å². The molecule has 0 aliphatic heterocycles. The molecule has 0 unspecified atom stereocenters. The molecule has 2 heteroatoms. The van der Waals surface area contributed by atoms with E-state index in [0.29, 0.717) is 13.0 Å². The summed E-state index contributed by atoms with van der Waals surface area (Å²) < 4.78 is 5.83. The number of hydrogen-bond donors (Lipinski definition) is 0. The Kier molecular flexibility index (Phi) is 4.41. The van der Waals surface area contributed by atoms with Gasteiger partial charge in [0, 0.05) is 13.0 Å². The van der Waals surface area contributed by atoms with E-state index in [4.69, 9.17) is 4.74 Å². The van der Waals surface area contributed by atoms with Crippen LogP contribution in [0.15, 0.2) is 18.2 Å². The highest BCUT2D eigenvalue weighted by Gasteiger charge is 2.41. The summed E-state index contributed by atoms with van der Waals surface area (Å²) in [6.45, 7) is 6.79. The van der Waals surface area contributed by atoms with E-state index in [1.807, 2.05) is 6.92 Å². The molecule has 1 saturated carbocycles. The van der Waals surface area contributed by atoms with Crippen LogP contribution in [0.3, 0.4) is 0 Å². The third kappa shape index (κ3) is 3.06. The number of carbonyl (C=O) groups excluding carboxylic acids is 1. The lowest BCUT2D eigenvalue weighted by molar-refractivity contribution is -0.142. The van der Waals surface area contributed by atoms with Gasteiger partial charge in [0.1, 0.15) is 5.60 Å².